The minimum Gasteiger partial charge on any atom is -0.382 e. The van der Waals surface area contributed by atoms with Gasteiger partial charge in [-0.15, -0.1) is 0 Å². The Morgan fingerprint density at radius 1 is 1.24 bits per heavy atom. The highest BCUT2D eigenvalue weighted by Gasteiger charge is 2.27. The molecule has 1 aliphatic heterocycles. The van der Waals surface area contributed by atoms with Crippen molar-refractivity contribution in [2.24, 2.45) is 0 Å². The van der Waals surface area contributed by atoms with Crippen LogP contribution in [-0.2, 0) is 4.74 Å². The van der Waals surface area contributed by atoms with E-state index in [2.05, 4.69) is 59.9 Å². The highest BCUT2D eigenvalue weighted by molar-refractivity contribution is 8.00. The van der Waals surface area contributed by atoms with Gasteiger partial charge in [-0.2, -0.15) is 0 Å². The Hall–Kier alpha value is -1.20. The van der Waals surface area contributed by atoms with E-state index in [9.17, 15) is 0 Å². The zero-order valence-electron chi connectivity index (χ0n) is 15.0. The third-order valence-electron chi connectivity index (χ3n) is 4.60. The van der Waals surface area contributed by atoms with Crippen LogP contribution in [0.2, 0.25) is 5.02 Å². The van der Waals surface area contributed by atoms with Gasteiger partial charge in [-0.05, 0) is 68.1 Å². The number of ether oxygens (including phenoxy) is 1. The Morgan fingerprint density at radius 2 is 2.04 bits per heavy atom. The van der Waals surface area contributed by atoms with Crippen molar-refractivity contribution in [2.45, 2.75) is 37.3 Å². The summed E-state index contributed by atoms with van der Waals surface area (Å²) in [6.45, 7) is 6.11. The first-order valence-corrected chi connectivity index (χ1v) is 9.89. The van der Waals surface area contributed by atoms with Gasteiger partial charge in [0.1, 0.15) is 0 Å². The van der Waals surface area contributed by atoms with Gasteiger partial charge in [-0.25, -0.2) is 0 Å². The summed E-state index contributed by atoms with van der Waals surface area (Å²) in [5, 5.41) is 4.52. The number of anilines is 1. The summed E-state index contributed by atoms with van der Waals surface area (Å²) in [6.07, 6.45) is 1.22. The molecular formula is C20H25ClN2OS. The lowest BCUT2D eigenvalue weighted by Gasteiger charge is -2.24. The van der Waals surface area contributed by atoms with E-state index in [0.29, 0.717) is 0 Å². The van der Waals surface area contributed by atoms with E-state index in [1.807, 2.05) is 6.07 Å². The molecule has 2 unspecified atom stereocenters. The van der Waals surface area contributed by atoms with Gasteiger partial charge in [0.25, 0.3) is 0 Å². The molecule has 0 bridgehead atoms. The van der Waals surface area contributed by atoms with Crippen LogP contribution in [0.5, 0.6) is 0 Å². The third-order valence-corrected chi connectivity index (χ3v) is 6.06. The summed E-state index contributed by atoms with van der Waals surface area (Å²) in [6, 6.07) is 15.0. The molecule has 134 valence electrons. The molecule has 2 atom stereocenters. The van der Waals surface area contributed by atoms with E-state index >= 15 is 0 Å². The smallest absolute Gasteiger partial charge is 0.0609 e. The van der Waals surface area contributed by atoms with Crippen LogP contribution < -0.4 is 9.62 Å². The van der Waals surface area contributed by atoms with Crippen molar-refractivity contribution in [1.82, 2.24) is 5.32 Å². The fourth-order valence-corrected chi connectivity index (χ4v) is 4.46. The molecule has 0 fully saturated rings. The van der Waals surface area contributed by atoms with Crippen LogP contribution in [0.3, 0.4) is 0 Å². The number of para-hydroxylation sites is 1. The molecule has 25 heavy (non-hydrogen) atoms. The van der Waals surface area contributed by atoms with E-state index < -0.39 is 0 Å². The van der Waals surface area contributed by atoms with Crippen molar-refractivity contribution in [3.8, 4) is 0 Å². The number of fused-ring (bicyclic) bond motifs is 2. The summed E-state index contributed by atoms with van der Waals surface area (Å²) in [7, 11) is 1.76. The van der Waals surface area contributed by atoms with Gasteiger partial charge in [-0.1, -0.05) is 35.9 Å². The molecule has 3 rings (SSSR count). The molecule has 0 spiro atoms. The van der Waals surface area contributed by atoms with Gasteiger partial charge >= 0.3 is 0 Å². The van der Waals surface area contributed by atoms with Gasteiger partial charge < -0.3 is 14.4 Å². The van der Waals surface area contributed by atoms with Crippen molar-refractivity contribution in [3.63, 3.8) is 0 Å². The Morgan fingerprint density at radius 3 is 2.80 bits per heavy atom. The first-order valence-electron chi connectivity index (χ1n) is 8.74. The molecule has 0 radical (unpaired) electrons. The SMILES string of the molecule is CCN1Sc2cc(Cl)ccc2C(NCCC(C)OC)c2ccccc21. The molecule has 0 amide bonds. The molecule has 2 aromatic carbocycles. The van der Waals surface area contributed by atoms with Crippen LogP contribution >= 0.6 is 23.5 Å². The maximum Gasteiger partial charge on any atom is 0.0609 e. The standard InChI is InChI=1S/C20H25ClN2OS/c1-4-23-18-8-6-5-7-16(18)20(22-12-11-14(2)24-3)17-10-9-15(21)13-19(17)25-23/h5-10,13-14,20,22H,4,11-12H2,1-3H3. The Labute approximate surface area is 159 Å². The highest BCUT2D eigenvalue weighted by Crippen LogP contribution is 2.44. The number of halogens is 1. The maximum absolute atomic E-state index is 6.28. The maximum atomic E-state index is 6.28. The van der Waals surface area contributed by atoms with E-state index in [4.69, 9.17) is 16.3 Å². The molecule has 0 saturated heterocycles. The van der Waals surface area contributed by atoms with E-state index in [-0.39, 0.29) is 12.1 Å². The summed E-state index contributed by atoms with van der Waals surface area (Å²) in [5.41, 5.74) is 3.85. The minimum atomic E-state index is 0.150. The average Bonchev–Trinajstić information content (AvgIpc) is 2.76. The molecule has 3 nitrogen and oxygen atoms in total. The second kappa shape index (κ2) is 8.45. The average molecular weight is 377 g/mol. The second-order valence-electron chi connectivity index (χ2n) is 6.25. The number of hydrogen-bond acceptors (Lipinski definition) is 4. The number of nitrogens with zero attached hydrogens (tertiary/aromatic N) is 1. The number of nitrogens with one attached hydrogen (secondary N) is 1. The molecule has 1 N–H and O–H groups in total. The van der Waals surface area contributed by atoms with Crippen LogP contribution in [0.15, 0.2) is 47.4 Å². The molecule has 1 aliphatic rings. The third kappa shape index (κ3) is 4.14. The van der Waals surface area contributed by atoms with Gasteiger partial charge in [-0.3, -0.25) is 0 Å². The van der Waals surface area contributed by atoms with Crippen molar-refractivity contribution >= 4 is 29.2 Å². The quantitative estimate of drug-likeness (QED) is 0.692. The minimum absolute atomic E-state index is 0.150. The van der Waals surface area contributed by atoms with Crippen LogP contribution in [0.1, 0.15) is 37.4 Å². The molecule has 2 aromatic rings. The Balaban J connectivity index is 1.99. The fourth-order valence-electron chi connectivity index (χ4n) is 3.12. The van der Waals surface area contributed by atoms with E-state index in [1.54, 1.807) is 19.1 Å². The normalized spacial score (nSPS) is 17.6. The van der Waals surface area contributed by atoms with Crippen LogP contribution in [-0.4, -0.2) is 26.3 Å². The van der Waals surface area contributed by atoms with Gasteiger partial charge in [0.05, 0.1) is 17.8 Å². The zero-order chi connectivity index (χ0) is 17.8. The van der Waals surface area contributed by atoms with Gasteiger partial charge in [0, 0.05) is 23.6 Å². The number of methoxy groups -OCH3 is 1. The molecule has 0 saturated carbocycles. The summed E-state index contributed by atoms with van der Waals surface area (Å²) in [5.74, 6) is 0. The highest BCUT2D eigenvalue weighted by atomic mass is 35.5. The van der Waals surface area contributed by atoms with Crippen LogP contribution in [0.4, 0.5) is 5.69 Å². The summed E-state index contributed by atoms with van der Waals surface area (Å²) < 4.78 is 7.72. The van der Waals surface area contributed by atoms with Gasteiger partial charge in [0.2, 0.25) is 0 Å². The number of hydrogen-bond donors (Lipinski definition) is 1. The lowest BCUT2D eigenvalue weighted by molar-refractivity contribution is 0.110. The van der Waals surface area contributed by atoms with Gasteiger partial charge in [0.15, 0.2) is 0 Å². The topological polar surface area (TPSA) is 24.5 Å². The predicted octanol–water partition coefficient (Wildman–Crippen LogP) is 5.29. The first kappa shape index (κ1) is 18.6. The number of benzene rings is 2. The van der Waals surface area contributed by atoms with E-state index in [1.165, 1.54) is 21.7 Å². The first-order chi connectivity index (χ1) is 12.1. The van der Waals surface area contributed by atoms with Crippen molar-refractivity contribution in [2.75, 3.05) is 24.5 Å². The summed E-state index contributed by atoms with van der Waals surface area (Å²) in [4.78, 5) is 1.21. The fraction of sp³-hybridized carbons (Fsp3) is 0.400. The van der Waals surface area contributed by atoms with Crippen molar-refractivity contribution in [1.29, 1.82) is 0 Å². The number of rotatable bonds is 6. The molecule has 1 heterocycles. The zero-order valence-corrected chi connectivity index (χ0v) is 16.5. The Kier molecular flexibility index (Phi) is 6.29. The predicted molar refractivity (Wildman–Crippen MR) is 108 cm³/mol. The van der Waals surface area contributed by atoms with Crippen LogP contribution in [0.25, 0.3) is 0 Å². The summed E-state index contributed by atoms with van der Waals surface area (Å²) >= 11 is 8.04. The second-order valence-corrected chi connectivity index (χ2v) is 7.75. The molecule has 0 aliphatic carbocycles. The lowest BCUT2D eigenvalue weighted by atomic mass is 9.96. The Bertz CT molecular complexity index is 725. The van der Waals surface area contributed by atoms with Crippen molar-refractivity contribution < 1.29 is 4.74 Å². The molecule has 0 aromatic heterocycles. The van der Waals surface area contributed by atoms with Crippen molar-refractivity contribution in [3.05, 3.63) is 58.6 Å². The monoisotopic (exact) mass is 376 g/mol. The van der Waals surface area contributed by atoms with E-state index in [0.717, 1.165) is 24.5 Å². The lowest BCUT2D eigenvalue weighted by Crippen LogP contribution is -2.26. The molecule has 5 heteroatoms. The molecular weight excluding hydrogens is 352 g/mol. The largest absolute Gasteiger partial charge is 0.382 e. The van der Waals surface area contributed by atoms with Crippen LogP contribution in [0, 0.1) is 0 Å².